The van der Waals surface area contributed by atoms with Gasteiger partial charge in [-0.05, 0) is 236 Å². The highest BCUT2D eigenvalue weighted by Gasteiger charge is 2.31. The van der Waals surface area contributed by atoms with Gasteiger partial charge in [-0.15, -0.1) is 0 Å². The van der Waals surface area contributed by atoms with Crippen LogP contribution in [0.3, 0.4) is 0 Å². The smallest absolute Gasteiger partial charge is 0.194 e. The molecule has 0 bridgehead atoms. The number of ether oxygens (including phenoxy) is 8. The van der Waals surface area contributed by atoms with Gasteiger partial charge in [0.1, 0.15) is 26.4 Å². The van der Waals surface area contributed by atoms with Crippen molar-refractivity contribution in [1.29, 1.82) is 0 Å². The molecule has 28 heteroatoms. The average Bonchev–Trinajstić information content (AvgIpc) is 0.820. The second kappa shape index (κ2) is 42.8. The summed E-state index contributed by atoms with van der Waals surface area (Å²) >= 11 is 0. The third-order valence-electron chi connectivity index (χ3n) is 20.2. The summed E-state index contributed by atoms with van der Waals surface area (Å²) in [6.45, 7) is 8.63. The van der Waals surface area contributed by atoms with E-state index in [-0.39, 0.29) is 46.7 Å². The minimum Gasteiger partial charge on any atom is -0.483 e. The van der Waals surface area contributed by atoms with Crippen LogP contribution in [0, 0.1) is 140 Å². The number of unbranched alkanes of at least 4 members (excludes halogenated alkanes) is 3. The number of rotatable bonds is 26. The minimum atomic E-state index is -1.61. The van der Waals surface area contributed by atoms with Crippen molar-refractivity contribution in [2.45, 2.75) is 194 Å². The molecule has 8 aromatic carbocycles. The first-order chi connectivity index (χ1) is 54.5. The Morgan fingerprint density at radius 2 is 0.465 bits per heavy atom. The summed E-state index contributed by atoms with van der Waals surface area (Å²) in [6, 6.07) is 14.9. The highest BCUT2D eigenvalue weighted by Crippen LogP contribution is 2.41. The molecule has 0 saturated carbocycles. The minimum absolute atomic E-state index is 0.0843. The molecule has 620 valence electrons. The maximum atomic E-state index is 14.4. The predicted octanol–water partition coefficient (Wildman–Crippen LogP) is 25.7. The van der Waals surface area contributed by atoms with Gasteiger partial charge < -0.3 is 37.9 Å². The van der Waals surface area contributed by atoms with E-state index in [2.05, 4.69) is 27.7 Å². The zero-order valence-corrected chi connectivity index (χ0v) is 63.1. The summed E-state index contributed by atoms with van der Waals surface area (Å²) in [5.74, 6) is -25.8. The van der Waals surface area contributed by atoms with Crippen LogP contribution in [0.15, 0.2) is 97.1 Å². The van der Waals surface area contributed by atoms with Gasteiger partial charge >= 0.3 is 0 Å². The van der Waals surface area contributed by atoms with E-state index in [1.165, 1.54) is 6.42 Å². The molecule has 4 aliphatic heterocycles. The number of halogens is 20. The van der Waals surface area contributed by atoms with Crippen LogP contribution in [0.2, 0.25) is 0 Å². The molecular formula is C86H88F20O8. The fourth-order valence-corrected chi connectivity index (χ4v) is 13.9. The first-order valence-electron chi connectivity index (χ1n) is 38.0. The van der Waals surface area contributed by atoms with E-state index in [1.54, 1.807) is 0 Å². The maximum Gasteiger partial charge on any atom is 0.194 e. The Balaban J connectivity index is 0.000000174. The number of benzene rings is 8. The molecule has 4 fully saturated rings. The molecule has 8 nitrogen and oxygen atoms in total. The average molecular weight is 1630 g/mol. The summed E-state index contributed by atoms with van der Waals surface area (Å²) in [6.07, 6.45) is 16.0. The summed E-state index contributed by atoms with van der Waals surface area (Å²) in [5.41, 5.74) is 1.20. The van der Waals surface area contributed by atoms with E-state index < -0.39 is 166 Å². The normalized spacial score (nSPS) is 19.5. The lowest BCUT2D eigenvalue weighted by Gasteiger charge is -2.29. The quantitative estimate of drug-likeness (QED) is 0.0302. The van der Waals surface area contributed by atoms with Crippen LogP contribution in [0.1, 0.15) is 212 Å². The third kappa shape index (κ3) is 24.7. The SMILES string of the molecule is CCC1CCC(c2cc(F)c(OCc3cc(F)c(F)c(F)c3)c(F)c2)OC1.CCCC1CCC(c2cc(F)c(OCc3cc(F)c(F)c(F)c3)c(F)c2)OC1.CCCCC1CCC(c2cc(F)c(OCc3cc(F)c(F)c(F)c3)c(F)c2)OC1.CCCCCC1CCC(c2cc(F)c(OCc3cc(F)c(F)c(F)c3)c(F)c2)OC1. The van der Waals surface area contributed by atoms with E-state index in [0.717, 1.165) is 144 Å². The molecule has 0 N–H and O–H groups in total. The maximum absolute atomic E-state index is 14.4. The van der Waals surface area contributed by atoms with Crippen molar-refractivity contribution in [3.05, 3.63) is 258 Å². The van der Waals surface area contributed by atoms with Gasteiger partial charge in [-0.3, -0.25) is 0 Å². The molecule has 0 spiro atoms. The van der Waals surface area contributed by atoms with Gasteiger partial charge in [-0.2, -0.15) is 0 Å². The van der Waals surface area contributed by atoms with E-state index in [0.29, 0.717) is 134 Å². The number of hydrogen-bond acceptors (Lipinski definition) is 8. The van der Waals surface area contributed by atoms with Crippen LogP contribution >= 0.6 is 0 Å². The Bertz CT molecular complexity index is 4290. The predicted molar refractivity (Wildman–Crippen MR) is 383 cm³/mol. The molecule has 4 aliphatic rings. The van der Waals surface area contributed by atoms with E-state index in [4.69, 9.17) is 37.9 Å². The van der Waals surface area contributed by atoms with Crippen molar-refractivity contribution in [2.75, 3.05) is 26.4 Å². The van der Waals surface area contributed by atoms with Crippen LogP contribution in [0.25, 0.3) is 0 Å². The van der Waals surface area contributed by atoms with Gasteiger partial charge in [0.15, 0.2) is 139 Å². The Kier molecular flexibility index (Phi) is 33.6. The standard InChI is InChI=1S/C23H25F5O2.C22H23F5O2.C21H21F5O2.C20H19F5O2/c1-2-3-4-5-14-6-7-21(29-12-14)16-10-19(26)23(20(27)11-16)30-13-15-8-17(24)22(28)18(25)9-15;1-2-3-4-13-5-6-20(28-11-13)15-9-18(25)22(19(26)10-15)29-12-14-7-16(23)21(27)17(24)8-14;1-2-3-12-4-5-19(27-10-12)14-8-17(24)21(18(25)9-14)28-11-13-6-15(22)20(26)16(23)7-13;1-2-11-3-4-18(26-9-11)13-7-16(23)20(17(24)8-13)27-10-12-5-14(21)19(25)15(22)6-12/h8-11,14,21H,2-7,12-13H2,1H3;7-10,13,20H,2-6,11-12H2,1H3;6-9,12,19H,2-5,10-11H2,1H3;5-8,11,18H,2-4,9-10H2,1H3. The van der Waals surface area contributed by atoms with Gasteiger partial charge in [0.25, 0.3) is 0 Å². The van der Waals surface area contributed by atoms with E-state index >= 15 is 0 Å². The molecule has 0 amide bonds. The second-order valence-electron chi connectivity index (χ2n) is 28.8. The first kappa shape index (κ1) is 89.3. The van der Waals surface area contributed by atoms with Crippen molar-refractivity contribution < 1.29 is 126 Å². The van der Waals surface area contributed by atoms with Crippen LogP contribution in [-0.2, 0) is 45.4 Å². The van der Waals surface area contributed by atoms with Crippen molar-refractivity contribution >= 4 is 0 Å². The highest BCUT2D eigenvalue weighted by molar-refractivity contribution is 5.37. The summed E-state index contributed by atoms with van der Waals surface area (Å²) in [5, 5.41) is 0. The van der Waals surface area contributed by atoms with E-state index in [9.17, 15) is 87.8 Å². The molecule has 4 saturated heterocycles. The molecule has 0 radical (unpaired) electrons. The van der Waals surface area contributed by atoms with Crippen molar-refractivity contribution in [3.63, 3.8) is 0 Å². The Morgan fingerprint density at radius 1 is 0.246 bits per heavy atom. The lowest BCUT2D eigenvalue weighted by atomic mass is 9.91. The topological polar surface area (TPSA) is 73.8 Å². The largest absolute Gasteiger partial charge is 0.483 e. The Hall–Kier alpha value is -8.60. The van der Waals surface area contributed by atoms with Gasteiger partial charge in [0, 0.05) is 0 Å². The number of hydrogen-bond donors (Lipinski definition) is 0. The van der Waals surface area contributed by atoms with Crippen LogP contribution in [0.5, 0.6) is 23.0 Å². The fraction of sp³-hybridized carbons (Fsp3) is 0.442. The van der Waals surface area contributed by atoms with Crippen molar-refractivity contribution in [3.8, 4) is 23.0 Å². The summed E-state index contributed by atoms with van der Waals surface area (Å²) < 4.78 is 316. The van der Waals surface area contributed by atoms with Crippen LogP contribution in [-0.4, -0.2) is 26.4 Å². The molecule has 4 heterocycles. The molecule has 0 aromatic heterocycles. The Labute approximate surface area is 648 Å². The lowest BCUT2D eigenvalue weighted by molar-refractivity contribution is -0.0202. The van der Waals surface area contributed by atoms with Gasteiger partial charge in [-0.25, -0.2) is 87.8 Å². The van der Waals surface area contributed by atoms with Crippen molar-refractivity contribution in [2.24, 2.45) is 23.7 Å². The molecule has 12 rings (SSSR count). The molecule has 114 heavy (non-hydrogen) atoms. The third-order valence-corrected chi connectivity index (χ3v) is 20.2. The lowest BCUT2D eigenvalue weighted by Crippen LogP contribution is -2.21. The summed E-state index contributed by atoms with van der Waals surface area (Å²) in [4.78, 5) is 0. The van der Waals surface area contributed by atoms with Crippen molar-refractivity contribution in [1.82, 2.24) is 0 Å². The zero-order chi connectivity index (χ0) is 82.4. The molecular weight excluding hydrogens is 1540 g/mol. The van der Waals surface area contributed by atoms with Gasteiger partial charge in [0.2, 0.25) is 0 Å². The van der Waals surface area contributed by atoms with Gasteiger partial charge in [0.05, 0.1) is 50.8 Å². The fourth-order valence-electron chi connectivity index (χ4n) is 13.9. The van der Waals surface area contributed by atoms with E-state index in [1.807, 2.05) is 0 Å². The zero-order valence-electron chi connectivity index (χ0n) is 63.1. The first-order valence-corrected chi connectivity index (χ1v) is 38.0. The second-order valence-corrected chi connectivity index (χ2v) is 28.8. The molecule has 8 atom stereocenters. The highest BCUT2D eigenvalue weighted by atomic mass is 19.2. The summed E-state index contributed by atoms with van der Waals surface area (Å²) in [7, 11) is 0. The molecule has 8 aromatic rings. The molecule has 0 aliphatic carbocycles. The van der Waals surface area contributed by atoms with Crippen LogP contribution < -0.4 is 18.9 Å². The Morgan fingerprint density at radius 3 is 0.667 bits per heavy atom. The molecule has 8 unspecified atom stereocenters. The van der Waals surface area contributed by atoms with Gasteiger partial charge in [-0.1, -0.05) is 72.6 Å². The monoisotopic (exact) mass is 1630 g/mol. The van der Waals surface area contributed by atoms with Crippen LogP contribution in [0.4, 0.5) is 87.8 Å².